The molecule has 0 saturated carbocycles. The number of nitrogens with one attached hydrogen (secondary N) is 2. The summed E-state index contributed by atoms with van der Waals surface area (Å²) in [6.45, 7) is 1.27. The maximum Gasteiger partial charge on any atom is 0.408 e. The van der Waals surface area contributed by atoms with E-state index in [1.807, 2.05) is 36.4 Å². The van der Waals surface area contributed by atoms with E-state index in [9.17, 15) is 14.4 Å². The Morgan fingerprint density at radius 1 is 1.03 bits per heavy atom. The number of hydrogen-bond donors (Lipinski definition) is 2. The van der Waals surface area contributed by atoms with Crippen molar-refractivity contribution in [1.82, 2.24) is 5.32 Å². The molecule has 0 unspecified atom stereocenters. The molecule has 0 bridgehead atoms. The van der Waals surface area contributed by atoms with Crippen molar-refractivity contribution in [2.45, 2.75) is 26.0 Å². The second kappa shape index (κ2) is 11.1. The van der Waals surface area contributed by atoms with E-state index in [0.717, 1.165) is 5.56 Å². The van der Waals surface area contributed by atoms with Crippen LogP contribution in [0.1, 0.15) is 24.5 Å². The standard InChI is InChI=1S/C21H21N3O5/c1-15(25)28-12-11-19(20(26)23-18-9-7-16(13-22)8-10-18)24-21(27)29-14-17-5-3-2-4-6-17/h2-10,19H,11-12,14H2,1H3,(H,23,26)(H,24,27)/t19-/m0/s1. The minimum atomic E-state index is -0.978. The molecule has 0 saturated heterocycles. The van der Waals surface area contributed by atoms with E-state index in [-0.39, 0.29) is 19.6 Å². The molecule has 0 aliphatic rings. The average molecular weight is 395 g/mol. The number of nitriles is 1. The number of benzene rings is 2. The molecule has 150 valence electrons. The van der Waals surface area contributed by atoms with Crippen LogP contribution in [-0.4, -0.2) is 30.6 Å². The SMILES string of the molecule is CC(=O)OCC[C@H](NC(=O)OCc1ccccc1)C(=O)Nc1ccc(C#N)cc1. The molecule has 8 heteroatoms. The fourth-order valence-electron chi connectivity index (χ4n) is 2.35. The van der Waals surface area contributed by atoms with Gasteiger partial charge in [0.05, 0.1) is 18.2 Å². The largest absolute Gasteiger partial charge is 0.466 e. The lowest BCUT2D eigenvalue weighted by molar-refractivity contribution is -0.141. The molecule has 8 nitrogen and oxygen atoms in total. The van der Waals surface area contributed by atoms with Gasteiger partial charge in [0.25, 0.3) is 0 Å². The Morgan fingerprint density at radius 3 is 2.34 bits per heavy atom. The number of ether oxygens (including phenoxy) is 2. The third-order valence-electron chi connectivity index (χ3n) is 3.81. The topological polar surface area (TPSA) is 118 Å². The number of rotatable bonds is 8. The van der Waals surface area contributed by atoms with Crippen LogP contribution in [0.4, 0.5) is 10.5 Å². The van der Waals surface area contributed by atoms with Gasteiger partial charge in [0.1, 0.15) is 12.6 Å². The highest BCUT2D eigenvalue weighted by atomic mass is 16.5. The second-order valence-corrected chi connectivity index (χ2v) is 6.07. The number of carbonyl (C=O) groups excluding carboxylic acids is 3. The lowest BCUT2D eigenvalue weighted by Crippen LogP contribution is -2.44. The van der Waals surface area contributed by atoms with Gasteiger partial charge in [0.2, 0.25) is 5.91 Å². The molecule has 2 amide bonds. The van der Waals surface area contributed by atoms with Gasteiger partial charge >= 0.3 is 12.1 Å². The van der Waals surface area contributed by atoms with Gasteiger partial charge in [-0.2, -0.15) is 5.26 Å². The molecule has 0 radical (unpaired) electrons. The first-order valence-electron chi connectivity index (χ1n) is 8.89. The summed E-state index contributed by atoms with van der Waals surface area (Å²) in [6.07, 6.45) is -0.695. The van der Waals surface area contributed by atoms with Crippen molar-refractivity contribution in [2.75, 3.05) is 11.9 Å². The molecule has 0 aliphatic carbocycles. The maximum absolute atomic E-state index is 12.6. The Hall–Kier alpha value is -3.86. The number of carbonyl (C=O) groups is 3. The highest BCUT2D eigenvalue weighted by Crippen LogP contribution is 2.10. The summed E-state index contributed by atoms with van der Waals surface area (Å²) < 4.78 is 10.0. The van der Waals surface area contributed by atoms with E-state index in [0.29, 0.717) is 11.3 Å². The van der Waals surface area contributed by atoms with Gasteiger partial charge < -0.3 is 20.1 Å². The van der Waals surface area contributed by atoms with Gasteiger partial charge in [-0.3, -0.25) is 9.59 Å². The molecule has 0 aromatic heterocycles. The van der Waals surface area contributed by atoms with Crippen LogP contribution in [0.15, 0.2) is 54.6 Å². The Bertz CT molecular complexity index is 875. The number of hydrogen-bond acceptors (Lipinski definition) is 6. The van der Waals surface area contributed by atoms with Crippen LogP contribution < -0.4 is 10.6 Å². The van der Waals surface area contributed by atoms with Crippen LogP contribution in [0.5, 0.6) is 0 Å². The van der Waals surface area contributed by atoms with Crippen LogP contribution in [0.25, 0.3) is 0 Å². The Morgan fingerprint density at radius 2 is 1.72 bits per heavy atom. The lowest BCUT2D eigenvalue weighted by atomic mass is 10.2. The van der Waals surface area contributed by atoms with Crippen LogP contribution in [-0.2, 0) is 25.7 Å². The number of amides is 2. The summed E-state index contributed by atoms with van der Waals surface area (Å²) in [4.78, 5) is 35.6. The summed E-state index contributed by atoms with van der Waals surface area (Å²) in [7, 11) is 0. The van der Waals surface area contributed by atoms with Crippen molar-refractivity contribution in [1.29, 1.82) is 5.26 Å². The van der Waals surface area contributed by atoms with E-state index < -0.39 is 24.0 Å². The van der Waals surface area contributed by atoms with Gasteiger partial charge in [0, 0.05) is 19.0 Å². The van der Waals surface area contributed by atoms with E-state index in [2.05, 4.69) is 10.6 Å². The predicted molar refractivity (Wildman–Crippen MR) is 105 cm³/mol. The zero-order chi connectivity index (χ0) is 21.1. The van der Waals surface area contributed by atoms with Crippen LogP contribution >= 0.6 is 0 Å². The van der Waals surface area contributed by atoms with Crippen molar-refractivity contribution in [2.24, 2.45) is 0 Å². The maximum atomic E-state index is 12.6. The van der Waals surface area contributed by atoms with Gasteiger partial charge in [-0.25, -0.2) is 4.79 Å². The monoisotopic (exact) mass is 395 g/mol. The summed E-state index contributed by atoms with van der Waals surface area (Å²) in [5.74, 6) is -0.985. The van der Waals surface area contributed by atoms with Crippen molar-refractivity contribution in [3.8, 4) is 6.07 Å². The smallest absolute Gasteiger partial charge is 0.408 e. The Labute approximate surface area is 168 Å². The zero-order valence-corrected chi connectivity index (χ0v) is 15.9. The Kier molecular flexibility index (Phi) is 8.20. The number of nitrogens with zero attached hydrogens (tertiary/aromatic N) is 1. The first-order chi connectivity index (χ1) is 14.0. The molecule has 0 aliphatic heterocycles. The highest BCUT2D eigenvalue weighted by molar-refractivity contribution is 5.96. The molecular formula is C21H21N3O5. The molecule has 2 rings (SSSR count). The summed E-state index contributed by atoms with van der Waals surface area (Å²) in [5.41, 5.74) is 1.73. The number of alkyl carbamates (subject to hydrolysis) is 1. The van der Waals surface area contributed by atoms with Gasteiger partial charge in [-0.15, -0.1) is 0 Å². The zero-order valence-electron chi connectivity index (χ0n) is 15.9. The fraction of sp³-hybridized carbons (Fsp3) is 0.238. The van der Waals surface area contributed by atoms with E-state index in [1.54, 1.807) is 24.3 Å². The minimum absolute atomic E-state index is 0.0419. The third-order valence-corrected chi connectivity index (χ3v) is 3.81. The van der Waals surface area contributed by atoms with Crippen LogP contribution in [0, 0.1) is 11.3 Å². The first-order valence-corrected chi connectivity index (χ1v) is 8.89. The van der Waals surface area contributed by atoms with E-state index >= 15 is 0 Å². The van der Waals surface area contributed by atoms with Crippen molar-refractivity contribution < 1.29 is 23.9 Å². The molecule has 0 fully saturated rings. The molecule has 2 aromatic carbocycles. The quantitative estimate of drug-likeness (QED) is 0.664. The van der Waals surface area contributed by atoms with Crippen LogP contribution in [0.3, 0.4) is 0 Å². The van der Waals surface area contributed by atoms with Crippen molar-refractivity contribution in [3.63, 3.8) is 0 Å². The lowest BCUT2D eigenvalue weighted by Gasteiger charge is -2.18. The van der Waals surface area contributed by atoms with Crippen molar-refractivity contribution >= 4 is 23.7 Å². The molecular weight excluding hydrogens is 374 g/mol. The fourth-order valence-corrected chi connectivity index (χ4v) is 2.35. The highest BCUT2D eigenvalue weighted by Gasteiger charge is 2.22. The van der Waals surface area contributed by atoms with E-state index in [1.165, 1.54) is 6.92 Å². The molecule has 0 spiro atoms. The number of esters is 1. The molecule has 1 atom stereocenters. The molecule has 2 N–H and O–H groups in total. The average Bonchev–Trinajstić information content (AvgIpc) is 2.72. The van der Waals surface area contributed by atoms with Crippen LogP contribution in [0.2, 0.25) is 0 Å². The normalized spacial score (nSPS) is 10.9. The molecule has 0 heterocycles. The van der Waals surface area contributed by atoms with Gasteiger partial charge in [-0.1, -0.05) is 30.3 Å². The summed E-state index contributed by atoms with van der Waals surface area (Å²) >= 11 is 0. The first kappa shape index (κ1) is 21.4. The van der Waals surface area contributed by atoms with Crippen molar-refractivity contribution in [3.05, 3.63) is 65.7 Å². The third kappa shape index (κ3) is 7.72. The van der Waals surface area contributed by atoms with Gasteiger partial charge in [0.15, 0.2) is 0 Å². The molecule has 29 heavy (non-hydrogen) atoms. The number of anilines is 1. The second-order valence-electron chi connectivity index (χ2n) is 6.07. The summed E-state index contributed by atoms with van der Waals surface area (Å²) in [6, 6.07) is 16.4. The van der Waals surface area contributed by atoms with E-state index in [4.69, 9.17) is 14.7 Å². The molecule has 2 aromatic rings. The van der Waals surface area contributed by atoms with Gasteiger partial charge in [-0.05, 0) is 29.8 Å². The summed E-state index contributed by atoms with van der Waals surface area (Å²) in [5, 5.41) is 14.0. The Balaban J connectivity index is 1.96. The minimum Gasteiger partial charge on any atom is -0.466 e. The predicted octanol–water partition coefficient (Wildman–Crippen LogP) is 2.74.